The number of aliphatic hydroxyl groups excluding tert-OH is 1. The molecule has 1 aliphatic rings. The van der Waals surface area contributed by atoms with E-state index in [1.165, 1.54) is 0 Å². The van der Waals surface area contributed by atoms with Crippen molar-refractivity contribution in [1.82, 2.24) is 4.90 Å². The maximum absolute atomic E-state index is 10.9. The molecule has 0 radical (unpaired) electrons. The van der Waals surface area contributed by atoms with Crippen LogP contribution in [-0.4, -0.2) is 39.8 Å². The summed E-state index contributed by atoms with van der Waals surface area (Å²) in [6, 6.07) is 3.39. The third-order valence-corrected chi connectivity index (χ3v) is 3.47. The van der Waals surface area contributed by atoms with Crippen LogP contribution >= 0.6 is 11.3 Å². The predicted molar refractivity (Wildman–Crippen MR) is 56.8 cm³/mol. The molecule has 0 spiro atoms. The van der Waals surface area contributed by atoms with Gasteiger partial charge in [-0.1, -0.05) is 6.07 Å². The molecule has 0 aliphatic carbocycles. The number of aliphatic carboxylic acids is 1. The minimum absolute atomic E-state index is 0.334. The van der Waals surface area contributed by atoms with Gasteiger partial charge in [0.2, 0.25) is 0 Å². The molecular weight excluding hydrogens is 214 g/mol. The highest BCUT2D eigenvalue weighted by Crippen LogP contribution is 2.22. The number of hydrogen-bond acceptors (Lipinski definition) is 4. The Morgan fingerprint density at radius 2 is 2.47 bits per heavy atom. The Kier molecular flexibility index (Phi) is 3.04. The first-order chi connectivity index (χ1) is 7.16. The molecule has 82 valence electrons. The Labute approximate surface area is 91.8 Å². The van der Waals surface area contributed by atoms with Crippen molar-refractivity contribution in [1.29, 1.82) is 0 Å². The molecule has 4 nitrogen and oxygen atoms in total. The van der Waals surface area contributed by atoms with Gasteiger partial charge in [0.1, 0.15) is 6.04 Å². The number of thiophene rings is 1. The van der Waals surface area contributed by atoms with Crippen LogP contribution in [0.25, 0.3) is 0 Å². The number of carboxylic acids is 1. The monoisotopic (exact) mass is 227 g/mol. The van der Waals surface area contributed by atoms with Gasteiger partial charge in [0, 0.05) is 24.4 Å². The highest BCUT2D eigenvalue weighted by Gasteiger charge is 2.35. The van der Waals surface area contributed by atoms with Crippen molar-refractivity contribution < 1.29 is 15.0 Å². The number of rotatable bonds is 3. The summed E-state index contributed by atoms with van der Waals surface area (Å²) in [6.45, 7) is 1.07. The van der Waals surface area contributed by atoms with E-state index in [0.717, 1.165) is 4.88 Å². The van der Waals surface area contributed by atoms with Crippen LogP contribution in [0.2, 0.25) is 0 Å². The van der Waals surface area contributed by atoms with Crippen molar-refractivity contribution >= 4 is 17.3 Å². The molecule has 2 rings (SSSR count). The minimum atomic E-state index is -0.844. The van der Waals surface area contributed by atoms with Gasteiger partial charge in [0.05, 0.1) is 6.10 Å². The lowest BCUT2D eigenvalue weighted by Gasteiger charge is -2.19. The van der Waals surface area contributed by atoms with Crippen molar-refractivity contribution in [2.45, 2.75) is 25.1 Å². The quantitative estimate of drug-likeness (QED) is 0.800. The second kappa shape index (κ2) is 4.30. The molecule has 1 aliphatic heterocycles. The van der Waals surface area contributed by atoms with Gasteiger partial charge in [-0.2, -0.15) is 0 Å². The maximum atomic E-state index is 10.9. The molecule has 15 heavy (non-hydrogen) atoms. The van der Waals surface area contributed by atoms with Gasteiger partial charge in [-0.3, -0.25) is 9.69 Å². The lowest BCUT2D eigenvalue weighted by molar-refractivity contribution is -0.142. The first kappa shape index (κ1) is 10.6. The average molecular weight is 227 g/mol. The molecule has 2 N–H and O–H groups in total. The van der Waals surface area contributed by atoms with Gasteiger partial charge in [0.25, 0.3) is 0 Å². The smallest absolute Gasteiger partial charge is 0.321 e. The number of nitrogens with zero attached hydrogens (tertiary/aromatic N) is 1. The number of β-amino-alcohol motifs (C(OH)–C–C–N with tert-alkyl or cyclic N) is 1. The number of likely N-dealkylation sites (tertiary alicyclic amines) is 1. The molecule has 1 fully saturated rings. The fourth-order valence-corrected chi connectivity index (χ4v) is 2.64. The molecular formula is C10H13NO3S. The van der Waals surface area contributed by atoms with Crippen LogP contribution in [-0.2, 0) is 11.3 Å². The van der Waals surface area contributed by atoms with E-state index >= 15 is 0 Å². The van der Waals surface area contributed by atoms with Gasteiger partial charge < -0.3 is 10.2 Å². The molecule has 0 bridgehead atoms. The van der Waals surface area contributed by atoms with Gasteiger partial charge in [0.15, 0.2) is 0 Å². The maximum Gasteiger partial charge on any atom is 0.321 e. The summed E-state index contributed by atoms with van der Waals surface area (Å²) in [5, 5.41) is 20.4. The molecule has 5 heteroatoms. The van der Waals surface area contributed by atoms with E-state index in [9.17, 15) is 9.90 Å². The van der Waals surface area contributed by atoms with E-state index in [-0.39, 0.29) is 0 Å². The highest BCUT2D eigenvalue weighted by atomic mass is 32.1. The molecule has 1 aromatic heterocycles. The summed E-state index contributed by atoms with van der Waals surface area (Å²) in [7, 11) is 0. The van der Waals surface area contributed by atoms with E-state index < -0.39 is 18.1 Å². The van der Waals surface area contributed by atoms with Gasteiger partial charge >= 0.3 is 5.97 Å². The van der Waals surface area contributed by atoms with E-state index in [0.29, 0.717) is 19.5 Å². The van der Waals surface area contributed by atoms with Gasteiger partial charge in [-0.05, 0) is 11.4 Å². The number of aliphatic hydroxyl groups is 1. The van der Waals surface area contributed by atoms with E-state index in [4.69, 9.17) is 5.11 Å². The van der Waals surface area contributed by atoms with Gasteiger partial charge in [-0.25, -0.2) is 0 Å². The Morgan fingerprint density at radius 1 is 1.67 bits per heavy atom. The Balaban J connectivity index is 2.04. The first-order valence-corrected chi connectivity index (χ1v) is 5.72. The van der Waals surface area contributed by atoms with Crippen molar-refractivity contribution in [2.75, 3.05) is 6.54 Å². The Bertz CT molecular complexity index is 338. The zero-order valence-corrected chi connectivity index (χ0v) is 8.98. The summed E-state index contributed by atoms with van der Waals surface area (Å²) < 4.78 is 0. The molecule has 0 saturated carbocycles. The van der Waals surface area contributed by atoms with E-state index in [1.54, 1.807) is 11.3 Å². The third kappa shape index (κ3) is 2.37. The topological polar surface area (TPSA) is 60.8 Å². The molecule has 0 amide bonds. The van der Waals surface area contributed by atoms with E-state index in [2.05, 4.69) is 0 Å². The molecule has 1 saturated heterocycles. The second-order valence-electron chi connectivity index (χ2n) is 3.75. The Hall–Kier alpha value is -0.910. The highest BCUT2D eigenvalue weighted by molar-refractivity contribution is 7.09. The standard InChI is InChI=1S/C10H13NO3S/c12-7-4-9(10(13)14)11(5-7)6-8-2-1-3-15-8/h1-3,7,9,12H,4-6H2,(H,13,14). The third-order valence-electron chi connectivity index (χ3n) is 2.61. The van der Waals surface area contributed by atoms with Crippen LogP contribution in [0.5, 0.6) is 0 Å². The zero-order chi connectivity index (χ0) is 10.8. The SMILES string of the molecule is O=C(O)C1CC(O)CN1Cc1cccs1. The predicted octanol–water partition coefficient (Wildman–Crippen LogP) is 0.768. The largest absolute Gasteiger partial charge is 0.480 e. The normalized spacial score (nSPS) is 27.0. The zero-order valence-electron chi connectivity index (χ0n) is 8.17. The van der Waals surface area contributed by atoms with Crippen LogP contribution in [0.15, 0.2) is 17.5 Å². The van der Waals surface area contributed by atoms with Crippen molar-refractivity contribution in [2.24, 2.45) is 0 Å². The lowest BCUT2D eigenvalue weighted by atomic mass is 10.2. The van der Waals surface area contributed by atoms with E-state index in [1.807, 2.05) is 22.4 Å². The van der Waals surface area contributed by atoms with Crippen LogP contribution < -0.4 is 0 Å². The Morgan fingerprint density at radius 3 is 3.07 bits per heavy atom. The summed E-state index contributed by atoms with van der Waals surface area (Å²) >= 11 is 1.61. The summed E-state index contributed by atoms with van der Waals surface area (Å²) in [4.78, 5) is 13.9. The fourth-order valence-electron chi connectivity index (χ4n) is 1.91. The van der Waals surface area contributed by atoms with Crippen molar-refractivity contribution in [3.05, 3.63) is 22.4 Å². The second-order valence-corrected chi connectivity index (χ2v) is 4.78. The van der Waals surface area contributed by atoms with Crippen LogP contribution in [0.1, 0.15) is 11.3 Å². The number of hydrogen-bond donors (Lipinski definition) is 2. The molecule has 1 aromatic rings. The summed E-state index contributed by atoms with van der Waals surface area (Å²) in [5.41, 5.74) is 0. The summed E-state index contributed by atoms with van der Waals surface area (Å²) in [6.07, 6.45) is -0.174. The molecule has 2 atom stereocenters. The average Bonchev–Trinajstić information content (AvgIpc) is 2.75. The van der Waals surface area contributed by atoms with Crippen molar-refractivity contribution in [3.8, 4) is 0 Å². The fraction of sp³-hybridized carbons (Fsp3) is 0.500. The number of carbonyl (C=O) groups is 1. The lowest BCUT2D eigenvalue weighted by Crippen LogP contribution is -2.35. The summed E-state index contributed by atoms with van der Waals surface area (Å²) in [5.74, 6) is -0.844. The first-order valence-electron chi connectivity index (χ1n) is 4.84. The molecule has 2 heterocycles. The molecule has 2 unspecified atom stereocenters. The minimum Gasteiger partial charge on any atom is -0.480 e. The van der Waals surface area contributed by atoms with Crippen LogP contribution in [0, 0.1) is 0 Å². The van der Waals surface area contributed by atoms with Crippen LogP contribution in [0.4, 0.5) is 0 Å². The van der Waals surface area contributed by atoms with Gasteiger partial charge in [-0.15, -0.1) is 11.3 Å². The van der Waals surface area contributed by atoms with Crippen molar-refractivity contribution in [3.63, 3.8) is 0 Å². The number of carboxylic acid groups (broad SMARTS) is 1. The molecule has 0 aromatic carbocycles. The van der Waals surface area contributed by atoms with Crippen LogP contribution in [0.3, 0.4) is 0 Å².